The Hall–Kier alpha value is -1.76. The molecule has 1 nitrogen and oxygen atoms in total. The van der Waals surface area contributed by atoms with Crippen LogP contribution in [0, 0.1) is 0 Å². The minimum atomic E-state index is 0.888. The van der Waals surface area contributed by atoms with Gasteiger partial charge in [0.15, 0.2) is 0 Å². The zero-order valence-corrected chi connectivity index (χ0v) is 8.90. The highest BCUT2D eigenvalue weighted by Crippen LogP contribution is 2.27. The molecule has 0 aliphatic heterocycles. The second-order valence-corrected chi connectivity index (χ2v) is 3.59. The van der Waals surface area contributed by atoms with Crippen LogP contribution in [0.3, 0.4) is 0 Å². The largest absolute Gasteiger partial charge is 0.398 e. The molecular weight excluding hydrogens is 182 g/mol. The molecule has 0 heterocycles. The summed E-state index contributed by atoms with van der Waals surface area (Å²) in [6.45, 7) is 2.14. The topological polar surface area (TPSA) is 26.0 Å². The number of anilines is 1. The molecule has 0 saturated heterocycles. The smallest absolute Gasteiger partial charge is 0.0352 e. The summed E-state index contributed by atoms with van der Waals surface area (Å²) < 4.78 is 0. The summed E-state index contributed by atoms with van der Waals surface area (Å²) in [5.41, 5.74) is 10.6. The van der Waals surface area contributed by atoms with Gasteiger partial charge in [0.1, 0.15) is 0 Å². The third kappa shape index (κ3) is 1.86. The summed E-state index contributed by atoms with van der Waals surface area (Å²) in [5, 5.41) is 0. The maximum atomic E-state index is 5.97. The molecule has 76 valence electrons. The summed E-state index contributed by atoms with van der Waals surface area (Å²) in [5.74, 6) is 0. The highest BCUT2D eigenvalue weighted by atomic mass is 14.6. The third-order valence-corrected chi connectivity index (χ3v) is 2.65. The Bertz CT molecular complexity index is 446. The molecule has 0 atom stereocenters. The first-order valence-electron chi connectivity index (χ1n) is 5.25. The molecule has 0 radical (unpaired) electrons. The van der Waals surface area contributed by atoms with Crippen LogP contribution in [0.15, 0.2) is 48.5 Å². The number of hydrogen-bond donors (Lipinski definition) is 1. The summed E-state index contributed by atoms with van der Waals surface area (Å²) >= 11 is 0. The van der Waals surface area contributed by atoms with Crippen LogP contribution in [-0.4, -0.2) is 0 Å². The maximum absolute atomic E-state index is 5.97. The van der Waals surface area contributed by atoms with E-state index >= 15 is 0 Å². The van der Waals surface area contributed by atoms with Gasteiger partial charge in [0.2, 0.25) is 0 Å². The van der Waals surface area contributed by atoms with E-state index in [0.29, 0.717) is 0 Å². The zero-order chi connectivity index (χ0) is 10.7. The molecule has 2 N–H and O–H groups in total. The van der Waals surface area contributed by atoms with Gasteiger partial charge in [0, 0.05) is 5.69 Å². The van der Waals surface area contributed by atoms with E-state index in [1.54, 1.807) is 0 Å². The fourth-order valence-corrected chi connectivity index (χ4v) is 1.89. The monoisotopic (exact) mass is 197 g/mol. The minimum absolute atomic E-state index is 0.888. The molecule has 2 rings (SSSR count). The van der Waals surface area contributed by atoms with E-state index in [1.165, 1.54) is 16.7 Å². The van der Waals surface area contributed by atoms with Crippen molar-refractivity contribution < 1.29 is 0 Å². The molecule has 0 aromatic heterocycles. The fraction of sp³-hybridized carbons (Fsp3) is 0.143. The van der Waals surface area contributed by atoms with Crippen LogP contribution in [-0.2, 0) is 6.42 Å². The quantitative estimate of drug-likeness (QED) is 0.733. The van der Waals surface area contributed by atoms with Crippen LogP contribution in [0.4, 0.5) is 5.69 Å². The van der Waals surface area contributed by atoms with E-state index in [0.717, 1.165) is 12.1 Å². The molecule has 2 aromatic rings. The predicted molar refractivity (Wildman–Crippen MR) is 65.7 cm³/mol. The van der Waals surface area contributed by atoms with Crippen LogP contribution in [0.2, 0.25) is 0 Å². The van der Waals surface area contributed by atoms with Crippen LogP contribution in [0.1, 0.15) is 12.5 Å². The first-order valence-corrected chi connectivity index (χ1v) is 5.25. The number of benzene rings is 2. The van der Waals surface area contributed by atoms with Crippen molar-refractivity contribution in [2.75, 3.05) is 5.73 Å². The summed E-state index contributed by atoms with van der Waals surface area (Å²) in [4.78, 5) is 0. The Kier molecular flexibility index (Phi) is 2.72. The van der Waals surface area contributed by atoms with Gasteiger partial charge in [0.05, 0.1) is 0 Å². The highest BCUT2D eigenvalue weighted by molar-refractivity contribution is 5.72. The Balaban J connectivity index is 2.58. The van der Waals surface area contributed by atoms with Crippen molar-refractivity contribution in [2.24, 2.45) is 0 Å². The summed E-state index contributed by atoms with van der Waals surface area (Å²) in [7, 11) is 0. The zero-order valence-electron chi connectivity index (χ0n) is 8.90. The van der Waals surface area contributed by atoms with Gasteiger partial charge in [-0.3, -0.25) is 0 Å². The average molecular weight is 197 g/mol. The van der Waals surface area contributed by atoms with Crippen LogP contribution < -0.4 is 5.73 Å². The molecule has 0 unspecified atom stereocenters. The molecule has 0 aliphatic rings. The lowest BCUT2D eigenvalue weighted by Gasteiger charge is -2.10. The van der Waals surface area contributed by atoms with E-state index in [4.69, 9.17) is 5.73 Å². The standard InChI is InChI=1S/C14H15N/c1-2-12-13(9-6-10-14(12)15)11-7-4-3-5-8-11/h3-10H,2,15H2,1H3. The SMILES string of the molecule is CCc1c(N)cccc1-c1ccccc1. The van der Waals surface area contributed by atoms with Crippen LogP contribution >= 0.6 is 0 Å². The van der Waals surface area contributed by atoms with Gasteiger partial charge in [0.25, 0.3) is 0 Å². The first-order chi connectivity index (χ1) is 7.33. The lowest BCUT2D eigenvalue weighted by Crippen LogP contribution is -1.95. The predicted octanol–water partition coefficient (Wildman–Crippen LogP) is 3.50. The Morgan fingerprint density at radius 1 is 0.933 bits per heavy atom. The Labute approximate surface area is 90.6 Å². The van der Waals surface area contributed by atoms with E-state index < -0.39 is 0 Å². The molecule has 15 heavy (non-hydrogen) atoms. The van der Waals surface area contributed by atoms with Gasteiger partial charge in [-0.25, -0.2) is 0 Å². The van der Waals surface area contributed by atoms with E-state index in [1.807, 2.05) is 18.2 Å². The van der Waals surface area contributed by atoms with Crippen molar-refractivity contribution >= 4 is 5.69 Å². The van der Waals surface area contributed by atoms with Crippen LogP contribution in [0.25, 0.3) is 11.1 Å². The van der Waals surface area contributed by atoms with Crippen molar-refractivity contribution in [1.82, 2.24) is 0 Å². The van der Waals surface area contributed by atoms with Crippen LogP contribution in [0.5, 0.6) is 0 Å². The molecule has 1 heteroatoms. The van der Waals surface area contributed by atoms with E-state index in [-0.39, 0.29) is 0 Å². The summed E-state index contributed by atoms with van der Waals surface area (Å²) in [6, 6.07) is 16.5. The lowest BCUT2D eigenvalue weighted by molar-refractivity contribution is 1.15. The Morgan fingerprint density at radius 2 is 1.67 bits per heavy atom. The van der Waals surface area contributed by atoms with Gasteiger partial charge in [-0.1, -0.05) is 49.4 Å². The summed E-state index contributed by atoms with van der Waals surface area (Å²) in [6.07, 6.45) is 0.969. The maximum Gasteiger partial charge on any atom is 0.0352 e. The van der Waals surface area contributed by atoms with Crippen molar-refractivity contribution in [3.63, 3.8) is 0 Å². The van der Waals surface area contributed by atoms with Gasteiger partial charge in [-0.2, -0.15) is 0 Å². The van der Waals surface area contributed by atoms with Crippen molar-refractivity contribution in [3.05, 3.63) is 54.1 Å². The second kappa shape index (κ2) is 4.18. The number of nitrogen functional groups attached to an aromatic ring is 1. The van der Waals surface area contributed by atoms with Crippen molar-refractivity contribution in [2.45, 2.75) is 13.3 Å². The average Bonchev–Trinajstić information content (AvgIpc) is 2.30. The normalized spacial score (nSPS) is 10.2. The number of hydrogen-bond acceptors (Lipinski definition) is 1. The van der Waals surface area contributed by atoms with Crippen molar-refractivity contribution in [1.29, 1.82) is 0 Å². The van der Waals surface area contributed by atoms with E-state index in [9.17, 15) is 0 Å². The molecule has 0 saturated carbocycles. The highest BCUT2D eigenvalue weighted by Gasteiger charge is 2.05. The van der Waals surface area contributed by atoms with Gasteiger partial charge in [-0.05, 0) is 29.2 Å². The Morgan fingerprint density at radius 3 is 2.33 bits per heavy atom. The molecule has 0 bridgehead atoms. The molecule has 0 aliphatic carbocycles. The second-order valence-electron chi connectivity index (χ2n) is 3.59. The fourth-order valence-electron chi connectivity index (χ4n) is 1.89. The minimum Gasteiger partial charge on any atom is -0.398 e. The lowest BCUT2D eigenvalue weighted by atomic mass is 9.97. The van der Waals surface area contributed by atoms with Gasteiger partial charge < -0.3 is 5.73 Å². The molecule has 0 fully saturated rings. The molecular formula is C14H15N. The molecule has 0 amide bonds. The van der Waals surface area contributed by atoms with Crippen molar-refractivity contribution in [3.8, 4) is 11.1 Å². The van der Waals surface area contributed by atoms with Gasteiger partial charge in [-0.15, -0.1) is 0 Å². The molecule has 0 spiro atoms. The van der Waals surface area contributed by atoms with E-state index in [2.05, 4.69) is 37.3 Å². The number of rotatable bonds is 2. The molecule has 2 aromatic carbocycles. The van der Waals surface area contributed by atoms with Gasteiger partial charge >= 0.3 is 0 Å². The first kappa shape index (κ1) is 9.78. The number of nitrogens with two attached hydrogens (primary N) is 1. The third-order valence-electron chi connectivity index (χ3n) is 2.65.